The molecule has 1 aromatic heterocycles. The normalized spacial score (nSPS) is 13.8. The number of carbonyl (C=O) groups excluding carboxylic acids is 3. The van der Waals surface area contributed by atoms with E-state index in [4.69, 9.17) is 18.6 Å². The molecule has 2 N–H and O–H groups in total. The van der Waals surface area contributed by atoms with Crippen molar-refractivity contribution in [1.29, 1.82) is 0 Å². The first-order valence-corrected chi connectivity index (χ1v) is 10.6. The second-order valence-corrected chi connectivity index (χ2v) is 7.57. The van der Waals surface area contributed by atoms with Gasteiger partial charge in [0.1, 0.15) is 0 Å². The highest BCUT2D eigenvalue weighted by Gasteiger charge is 2.22. The number of furan rings is 1. The van der Waals surface area contributed by atoms with Crippen molar-refractivity contribution in [2.75, 3.05) is 32.7 Å². The molecule has 2 aromatic rings. The third-order valence-corrected chi connectivity index (χ3v) is 5.38. The molecular weight excluding hydrogens is 416 g/mol. The fourth-order valence-electron chi connectivity index (χ4n) is 3.65. The van der Waals surface area contributed by atoms with E-state index in [1.165, 1.54) is 57.9 Å². The lowest BCUT2D eigenvalue weighted by Crippen LogP contribution is -2.33. The molecule has 9 heteroatoms. The Morgan fingerprint density at radius 2 is 1.78 bits per heavy atom. The molecule has 0 radical (unpaired) electrons. The number of amides is 2. The van der Waals surface area contributed by atoms with E-state index < -0.39 is 18.5 Å². The van der Waals surface area contributed by atoms with Crippen molar-refractivity contribution in [1.82, 2.24) is 5.32 Å². The zero-order chi connectivity index (χ0) is 22.9. The second kappa shape index (κ2) is 11.2. The number of hydrogen-bond acceptors (Lipinski definition) is 7. The van der Waals surface area contributed by atoms with Crippen LogP contribution in [0, 0.1) is 5.92 Å². The number of nitrogens with one attached hydrogen (secondary N) is 2. The van der Waals surface area contributed by atoms with Gasteiger partial charge in [-0.2, -0.15) is 0 Å². The fourth-order valence-corrected chi connectivity index (χ4v) is 3.65. The summed E-state index contributed by atoms with van der Waals surface area (Å²) in [7, 11) is 2.86. The molecule has 0 atom stereocenters. The highest BCUT2D eigenvalue weighted by Crippen LogP contribution is 2.34. The first-order valence-electron chi connectivity index (χ1n) is 10.6. The third-order valence-electron chi connectivity index (χ3n) is 5.38. The molecule has 0 unspecified atom stereocenters. The van der Waals surface area contributed by atoms with Crippen LogP contribution in [0.2, 0.25) is 0 Å². The molecule has 1 heterocycles. The summed E-state index contributed by atoms with van der Waals surface area (Å²) in [4.78, 5) is 37.3. The maximum Gasteiger partial charge on any atom is 0.340 e. The summed E-state index contributed by atoms with van der Waals surface area (Å²) >= 11 is 0. The van der Waals surface area contributed by atoms with Gasteiger partial charge in [-0.05, 0) is 30.9 Å². The van der Waals surface area contributed by atoms with Gasteiger partial charge in [0.25, 0.3) is 11.8 Å². The lowest BCUT2D eigenvalue weighted by atomic mass is 9.89. The molecule has 0 spiro atoms. The largest absolute Gasteiger partial charge is 0.493 e. The second-order valence-electron chi connectivity index (χ2n) is 7.57. The van der Waals surface area contributed by atoms with Crippen LogP contribution in [0.15, 0.2) is 34.9 Å². The molecule has 9 nitrogen and oxygen atoms in total. The smallest absolute Gasteiger partial charge is 0.340 e. The molecule has 0 bridgehead atoms. The predicted molar refractivity (Wildman–Crippen MR) is 116 cm³/mol. The van der Waals surface area contributed by atoms with Crippen molar-refractivity contribution in [3.05, 3.63) is 41.9 Å². The van der Waals surface area contributed by atoms with Gasteiger partial charge in [0.05, 0.1) is 31.7 Å². The Morgan fingerprint density at radius 1 is 1.06 bits per heavy atom. The van der Waals surface area contributed by atoms with Gasteiger partial charge in [-0.1, -0.05) is 19.3 Å². The summed E-state index contributed by atoms with van der Waals surface area (Å²) in [6.07, 6.45) is 7.17. The minimum atomic E-state index is -0.784. The Morgan fingerprint density at radius 3 is 2.44 bits per heavy atom. The van der Waals surface area contributed by atoms with E-state index in [1.807, 2.05) is 0 Å². The molecule has 1 aliphatic rings. The number of hydrogen-bond donors (Lipinski definition) is 2. The average molecular weight is 444 g/mol. The maximum absolute atomic E-state index is 12.7. The fraction of sp³-hybridized carbons (Fsp3) is 0.435. The minimum Gasteiger partial charge on any atom is -0.493 e. The van der Waals surface area contributed by atoms with Gasteiger partial charge >= 0.3 is 5.97 Å². The summed E-state index contributed by atoms with van der Waals surface area (Å²) in [6.45, 7) is 0.155. The number of anilines is 1. The molecule has 0 saturated heterocycles. The van der Waals surface area contributed by atoms with E-state index >= 15 is 0 Å². The highest BCUT2D eigenvalue weighted by atomic mass is 16.5. The van der Waals surface area contributed by atoms with E-state index in [0.717, 1.165) is 12.8 Å². The first kappa shape index (κ1) is 23.2. The van der Waals surface area contributed by atoms with Gasteiger partial charge in [-0.3, -0.25) is 9.59 Å². The van der Waals surface area contributed by atoms with Crippen LogP contribution in [-0.4, -0.2) is 45.2 Å². The Kier molecular flexibility index (Phi) is 8.13. The highest BCUT2D eigenvalue weighted by molar-refractivity contribution is 6.07. The van der Waals surface area contributed by atoms with Crippen molar-refractivity contribution in [3.63, 3.8) is 0 Å². The van der Waals surface area contributed by atoms with Crippen molar-refractivity contribution >= 4 is 23.5 Å². The number of carbonyl (C=O) groups is 3. The monoisotopic (exact) mass is 444 g/mol. The standard InChI is InChI=1S/C23H28N2O7/c1-29-19-11-16(17(12-20(19)30-2)25-22(27)18-9-6-10-31-18)23(28)32-14-21(26)24-13-15-7-4-3-5-8-15/h6,9-12,15H,3-5,7-8,13-14H2,1-2H3,(H,24,26)(H,25,27). The van der Waals surface area contributed by atoms with Crippen LogP contribution in [-0.2, 0) is 9.53 Å². The van der Waals surface area contributed by atoms with Crippen molar-refractivity contribution in [2.45, 2.75) is 32.1 Å². The van der Waals surface area contributed by atoms with E-state index in [9.17, 15) is 14.4 Å². The van der Waals surface area contributed by atoms with Crippen LogP contribution in [0.1, 0.15) is 53.0 Å². The van der Waals surface area contributed by atoms with Gasteiger partial charge in [-0.15, -0.1) is 0 Å². The number of methoxy groups -OCH3 is 2. The number of ether oxygens (including phenoxy) is 3. The molecule has 1 saturated carbocycles. The number of rotatable bonds is 9. The third kappa shape index (κ3) is 6.03. The summed E-state index contributed by atoms with van der Waals surface area (Å²) in [5.74, 6) is -0.583. The average Bonchev–Trinajstić information content (AvgIpc) is 3.36. The quantitative estimate of drug-likeness (QED) is 0.570. The summed E-state index contributed by atoms with van der Waals surface area (Å²) in [6, 6.07) is 5.90. The molecule has 3 rings (SSSR count). The SMILES string of the molecule is COc1cc(NC(=O)c2ccco2)c(C(=O)OCC(=O)NCC2CCCCC2)cc1OC. The van der Waals surface area contributed by atoms with Gasteiger partial charge in [-0.25, -0.2) is 4.79 Å². The maximum atomic E-state index is 12.7. The zero-order valence-electron chi connectivity index (χ0n) is 18.3. The Labute approximate surface area is 186 Å². The first-order chi connectivity index (χ1) is 15.5. The van der Waals surface area contributed by atoms with Crippen LogP contribution < -0.4 is 20.1 Å². The molecule has 1 fully saturated rings. The van der Waals surface area contributed by atoms with Crippen LogP contribution >= 0.6 is 0 Å². The van der Waals surface area contributed by atoms with Crippen LogP contribution in [0.5, 0.6) is 11.5 Å². The molecule has 1 aromatic carbocycles. The van der Waals surface area contributed by atoms with Crippen LogP contribution in [0.3, 0.4) is 0 Å². The van der Waals surface area contributed by atoms with E-state index in [0.29, 0.717) is 18.2 Å². The van der Waals surface area contributed by atoms with Crippen LogP contribution in [0.25, 0.3) is 0 Å². The van der Waals surface area contributed by atoms with E-state index in [2.05, 4.69) is 10.6 Å². The van der Waals surface area contributed by atoms with Gasteiger partial charge in [0.2, 0.25) is 0 Å². The lowest BCUT2D eigenvalue weighted by Gasteiger charge is -2.21. The lowest BCUT2D eigenvalue weighted by molar-refractivity contribution is -0.124. The molecule has 2 amide bonds. The van der Waals surface area contributed by atoms with E-state index in [1.54, 1.807) is 6.07 Å². The van der Waals surface area contributed by atoms with Gasteiger partial charge < -0.3 is 29.3 Å². The Balaban J connectivity index is 1.67. The zero-order valence-corrected chi connectivity index (χ0v) is 18.3. The Bertz CT molecular complexity index is 934. The molecular formula is C23H28N2O7. The minimum absolute atomic E-state index is 0.0163. The summed E-state index contributed by atoms with van der Waals surface area (Å²) in [5, 5.41) is 5.43. The number of esters is 1. The van der Waals surface area contributed by atoms with Gasteiger partial charge in [0, 0.05) is 18.7 Å². The molecule has 32 heavy (non-hydrogen) atoms. The Hall–Kier alpha value is -3.49. The van der Waals surface area contributed by atoms with Crippen molar-refractivity contribution in [2.24, 2.45) is 5.92 Å². The predicted octanol–water partition coefficient (Wildman–Crippen LogP) is 3.40. The molecule has 172 valence electrons. The van der Waals surface area contributed by atoms with E-state index in [-0.39, 0.29) is 28.7 Å². The summed E-state index contributed by atoms with van der Waals surface area (Å²) in [5.41, 5.74) is 0.152. The van der Waals surface area contributed by atoms with Crippen molar-refractivity contribution in [3.8, 4) is 11.5 Å². The van der Waals surface area contributed by atoms with Crippen LogP contribution in [0.4, 0.5) is 5.69 Å². The number of benzene rings is 1. The molecule has 1 aliphatic carbocycles. The summed E-state index contributed by atoms with van der Waals surface area (Å²) < 4.78 is 20.8. The van der Waals surface area contributed by atoms with Crippen molar-refractivity contribution < 1.29 is 33.0 Å². The van der Waals surface area contributed by atoms with Gasteiger partial charge in [0.15, 0.2) is 23.9 Å². The topological polar surface area (TPSA) is 116 Å². The molecule has 0 aliphatic heterocycles.